The number of nitrogens with zero attached hydrogens (tertiary/aromatic N) is 6. The van der Waals surface area contributed by atoms with Gasteiger partial charge in [-0.05, 0) is 84.4 Å². The Labute approximate surface area is 407 Å². The molecule has 11 rings (SSSR count). The Hall–Kier alpha value is -7.47. The van der Waals surface area contributed by atoms with E-state index in [1.165, 1.54) is 11.1 Å². The number of anilines is 4. The number of pyridine rings is 2. The summed E-state index contributed by atoms with van der Waals surface area (Å²) in [7, 11) is 0. The Bertz CT molecular complexity index is 3290. The summed E-state index contributed by atoms with van der Waals surface area (Å²) in [6.45, 7) is 11.0. The topological polar surface area (TPSA) is 42.5 Å². The maximum absolute atomic E-state index is 6.59. The van der Waals surface area contributed by atoms with E-state index >= 15 is 0 Å². The molecule has 8 heteroatoms. The molecule has 3 aromatic heterocycles. The summed E-state index contributed by atoms with van der Waals surface area (Å²) in [5, 5.41) is 7.60. The zero-order chi connectivity index (χ0) is 44.8. The van der Waals surface area contributed by atoms with Crippen LogP contribution in [0.4, 0.5) is 28.4 Å². The predicted molar refractivity (Wildman–Crippen MR) is 266 cm³/mol. The summed E-state index contributed by atoms with van der Waals surface area (Å²) in [4.78, 5) is 11.1. The van der Waals surface area contributed by atoms with E-state index in [0.717, 1.165) is 78.1 Å². The summed E-state index contributed by atoms with van der Waals surface area (Å²) < 4.78 is 5.51. The van der Waals surface area contributed by atoms with Crippen LogP contribution in [0.2, 0.25) is 0 Å². The average Bonchev–Trinajstić information content (AvgIpc) is 3.90. The predicted octanol–water partition coefficient (Wildman–Crippen LogP) is 13.5. The van der Waals surface area contributed by atoms with Gasteiger partial charge in [0.2, 0.25) is 6.20 Å². The molecule has 0 aliphatic carbocycles. The number of hydrogen-bond donors (Lipinski definition) is 0. The minimum absolute atomic E-state index is 0. The number of para-hydroxylation sites is 4. The number of hydrogen-bond acceptors (Lipinski definition) is 3. The third-order valence-corrected chi connectivity index (χ3v) is 12.4. The number of aryl methyl sites for hydroxylation is 1. The maximum Gasteiger partial charge on any atom is 4.00 e. The van der Waals surface area contributed by atoms with Crippen LogP contribution in [-0.2, 0) is 26.5 Å². The largest absolute Gasteiger partial charge is 4.00 e. The summed E-state index contributed by atoms with van der Waals surface area (Å²) in [6, 6.07) is 68.2. The van der Waals surface area contributed by atoms with Gasteiger partial charge in [-0.15, -0.1) is 24.5 Å². The Morgan fingerprint density at radius 2 is 1.18 bits per heavy atom. The first kappa shape index (κ1) is 43.4. The van der Waals surface area contributed by atoms with Gasteiger partial charge in [-0.25, -0.2) is 0 Å². The number of rotatable bonds is 10. The molecule has 4 heterocycles. The van der Waals surface area contributed by atoms with Gasteiger partial charge in [0.05, 0.1) is 0 Å². The van der Waals surface area contributed by atoms with Crippen molar-refractivity contribution in [2.75, 3.05) is 9.80 Å². The average molecular weight is 1050 g/mol. The van der Waals surface area contributed by atoms with E-state index < -0.39 is 0 Å². The van der Waals surface area contributed by atoms with E-state index in [4.69, 9.17) is 10.3 Å². The monoisotopic (exact) mass is 1050 g/mol. The standard InChI is InChI=1S/C59H48N6O.Pt/c1-42-28-34-47(35-29-42)60-58(45-30-32-46(33-31-45)59(2,3)4)65-53-25-12-11-22-51(53)52-36-38-62(40-56(52)65)66-61-37-16-21-48(39-61)63-41-64(55-27-14-13-26-54(55)63)57-49(43-17-7-5-8-18-43)23-15-24-50(57)44-19-9-6-10-20-44;/h5-38,41,58H,1-4H3;/q-2;+4. The molecule has 7 nitrogen and oxygen atoms in total. The van der Waals surface area contributed by atoms with Crippen LogP contribution in [0.15, 0.2) is 207 Å². The van der Waals surface area contributed by atoms with Crippen LogP contribution in [0.5, 0.6) is 0 Å². The maximum atomic E-state index is 6.59. The molecule has 0 spiro atoms. The van der Waals surface area contributed by atoms with E-state index in [1.807, 2.05) is 18.5 Å². The summed E-state index contributed by atoms with van der Waals surface area (Å²) in [6.07, 6.45) is 10.5. The first-order chi connectivity index (χ1) is 32.3. The van der Waals surface area contributed by atoms with Crippen molar-refractivity contribution in [1.29, 1.82) is 0 Å². The number of aromatic nitrogens is 3. The Morgan fingerprint density at radius 3 is 1.85 bits per heavy atom. The van der Waals surface area contributed by atoms with E-state index in [9.17, 15) is 0 Å². The zero-order valence-electron chi connectivity index (χ0n) is 37.7. The Morgan fingerprint density at radius 1 is 0.567 bits per heavy atom. The summed E-state index contributed by atoms with van der Waals surface area (Å²) >= 11 is 0. The molecular weight excluding hydrogens is 1000 g/mol. The fourth-order valence-electron chi connectivity index (χ4n) is 9.03. The fraction of sp³-hybridized carbons (Fsp3) is 0.102. The third kappa shape index (κ3) is 8.36. The van der Waals surface area contributed by atoms with E-state index in [0.29, 0.717) is 0 Å². The van der Waals surface area contributed by atoms with Gasteiger partial charge in [-0.2, -0.15) is 0 Å². The minimum Gasteiger partial charge on any atom is -0.661 e. The smallest absolute Gasteiger partial charge is 0.661 e. The summed E-state index contributed by atoms with van der Waals surface area (Å²) in [5.41, 5.74) is 14.9. The quantitative estimate of drug-likeness (QED) is 0.101. The van der Waals surface area contributed by atoms with Gasteiger partial charge in [0.1, 0.15) is 12.4 Å². The zero-order valence-corrected chi connectivity index (χ0v) is 40.0. The van der Waals surface area contributed by atoms with Crippen LogP contribution in [0.25, 0.3) is 49.4 Å². The molecule has 0 saturated carbocycles. The normalized spacial score (nSPS) is 12.8. The molecule has 1 unspecified atom stereocenters. The molecule has 7 aromatic carbocycles. The second kappa shape index (κ2) is 18.1. The van der Waals surface area contributed by atoms with Crippen molar-refractivity contribution in [3.05, 3.63) is 248 Å². The van der Waals surface area contributed by atoms with Crippen molar-refractivity contribution >= 4 is 50.2 Å². The van der Waals surface area contributed by atoms with Crippen LogP contribution in [0.3, 0.4) is 0 Å². The van der Waals surface area contributed by atoms with E-state index in [-0.39, 0.29) is 32.6 Å². The van der Waals surface area contributed by atoms with Gasteiger partial charge in [-0.1, -0.05) is 196 Å². The van der Waals surface area contributed by atoms with Crippen molar-refractivity contribution in [2.24, 2.45) is 0 Å². The molecule has 328 valence electrons. The van der Waals surface area contributed by atoms with E-state index in [1.54, 1.807) is 9.46 Å². The van der Waals surface area contributed by atoms with Gasteiger partial charge in [-0.3, -0.25) is 0 Å². The van der Waals surface area contributed by atoms with Crippen LogP contribution >= 0.6 is 0 Å². The molecule has 1 aliphatic rings. The van der Waals surface area contributed by atoms with Crippen molar-refractivity contribution in [3.8, 4) is 22.3 Å². The summed E-state index contributed by atoms with van der Waals surface area (Å²) in [5.74, 6) is 0. The van der Waals surface area contributed by atoms with Gasteiger partial charge in [0, 0.05) is 39.2 Å². The first-order valence-corrected chi connectivity index (χ1v) is 22.4. The molecule has 0 bridgehead atoms. The molecule has 10 aromatic rings. The van der Waals surface area contributed by atoms with Gasteiger partial charge < -0.3 is 19.7 Å². The van der Waals surface area contributed by atoms with Crippen LogP contribution in [0.1, 0.15) is 43.6 Å². The molecular formula is C59H48N6OPt+2. The SMILES string of the molecule is Cc1ccc([N-]C(c2ccc(C(C)(C)C)cc2)n2c3[c-][n+](O[n+]4[c-]c(N5[CH-]N(c6c(-c7ccccc7)cccc6-c6ccccc6)c6ccccc65)ccc4)ccc3c3ccccc32)cc1.[Pt+4]. The van der Waals surface area contributed by atoms with Crippen molar-refractivity contribution in [1.82, 2.24) is 4.57 Å². The van der Waals surface area contributed by atoms with Gasteiger partial charge in [0.15, 0.2) is 6.20 Å². The molecule has 1 atom stereocenters. The second-order valence-corrected chi connectivity index (χ2v) is 17.8. The number of benzene rings is 7. The molecule has 0 N–H and O–H groups in total. The molecule has 0 saturated heterocycles. The van der Waals surface area contributed by atoms with Crippen LogP contribution < -0.4 is 24.2 Å². The molecule has 0 amide bonds. The van der Waals surface area contributed by atoms with Crippen molar-refractivity contribution in [3.63, 3.8) is 0 Å². The van der Waals surface area contributed by atoms with Gasteiger partial charge >= 0.3 is 21.1 Å². The minimum atomic E-state index is -0.387. The Balaban J connectivity index is 0.00000525. The first-order valence-electron chi connectivity index (χ1n) is 22.4. The van der Waals surface area contributed by atoms with Crippen LogP contribution in [-0.4, -0.2) is 4.57 Å². The third-order valence-electron chi connectivity index (χ3n) is 12.4. The van der Waals surface area contributed by atoms with Crippen molar-refractivity contribution < 1.29 is 35.5 Å². The Kier molecular flexibility index (Phi) is 11.7. The van der Waals surface area contributed by atoms with Crippen LogP contribution in [0, 0.1) is 26.0 Å². The molecule has 0 radical (unpaired) electrons. The second-order valence-electron chi connectivity index (χ2n) is 17.8. The molecule has 1 aliphatic heterocycles. The van der Waals surface area contributed by atoms with Gasteiger partial charge in [0.25, 0.3) is 0 Å². The fourth-order valence-corrected chi connectivity index (χ4v) is 9.03. The van der Waals surface area contributed by atoms with Crippen molar-refractivity contribution in [2.45, 2.75) is 39.3 Å². The molecule has 0 fully saturated rings. The number of fused-ring (bicyclic) bond motifs is 4. The molecule has 67 heavy (non-hydrogen) atoms. The van der Waals surface area contributed by atoms with E-state index in [2.05, 4.69) is 249 Å².